The molecule has 0 aliphatic rings. The van der Waals surface area contributed by atoms with Crippen LogP contribution >= 0.6 is 24.0 Å². The van der Waals surface area contributed by atoms with Crippen molar-refractivity contribution in [1.29, 1.82) is 0 Å². The first-order valence-corrected chi connectivity index (χ1v) is 8.29. The molecule has 0 saturated heterocycles. The second-order valence-corrected chi connectivity index (χ2v) is 5.82. The summed E-state index contributed by atoms with van der Waals surface area (Å²) < 4.78 is 5.26. The van der Waals surface area contributed by atoms with E-state index in [1.54, 1.807) is 14.2 Å². The molecule has 1 atom stereocenters. The maximum Gasteiger partial charge on any atom is 0.191 e. The molecule has 0 aliphatic carbocycles. The molecule has 0 amide bonds. The zero-order valence-electron chi connectivity index (χ0n) is 15.2. The lowest BCUT2D eigenvalue weighted by Gasteiger charge is -2.17. The predicted octanol–water partition coefficient (Wildman–Crippen LogP) is 3.92. The van der Waals surface area contributed by atoms with Crippen molar-refractivity contribution in [3.05, 3.63) is 71.3 Å². The lowest BCUT2D eigenvalue weighted by molar-refractivity contribution is 0.184. The molecule has 0 bridgehead atoms. The molecule has 0 radical (unpaired) electrons. The van der Waals surface area contributed by atoms with E-state index in [0.717, 1.165) is 19.0 Å². The molecular weight excluding hydrogens is 425 g/mol. The number of nitrogens with one attached hydrogen (secondary N) is 2. The van der Waals surface area contributed by atoms with Crippen LogP contribution < -0.4 is 10.6 Å². The number of hydrogen-bond acceptors (Lipinski definition) is 2. The van der Waals surface area contributed by atoms with E-state index >= 15 is 0 Å². The quantitative estimate of drug-likeness (QED) is 0.380. The average molecular weight is 453 g/mol. The van der Waals surface area contributed by atoms with Crippen LogP contribution in [0.15, 0.2) is 59.6 Å². The third-order valence-electron chi connectivity index (χ3n) is 4.03. The lowest BCUT2D eigenvalue weighted by Crippen LogP contribution is -2.38. The van der Waals surface area contributed by atoms with Crippen LogP contribution in [-0.4, -0.2) is 26.7 Å². The largest absolute Gasteiger partial charge is 0.380 e. The highest BCUT2D eigenvalue weighted by molar-refractivity contribution is 14.0. The monoisotopic (exact) mass is 453 g/mol. The number of aliphatic imine (C=N–C) groups is 1. The van der Waals surface area contributed by atoms with Crippen LogP contribution in [-0.2, 0) is 17.9 Å². The molecule has 0 aromatic heterocycles. The zero-order chi connectivity index (χ0) is 17.2. The molecule has 0 saturated carbocycles. The van der Waals surface area contributed by atoms with Crippen LogP contribution in [0, 0.1) is 0 Å². The number of halogens is 1. The Kier molecular flexibility index (Phi) is 10.2. The second-order valence-electron chi connectivity index (χ2n) is 5.82. The Bertz CT molecular complexity index is 646. The van der Waals surface area contributed by atoms with Gasteiger partial charge in [-0.25, -0.2) is 0 Å². The van der Waals surface area contributed by atoms with E-state index in [1.807, 2.05) is 18.2 Å². The highest BCUT2D eigenvalue weighted by Gasteiger charge is 2.07. The minimum Gasteiger partial charge on any atom is -0.380 e. The second kappa shape index (κ2) is 11.9. The Hall–Kier alpha value is -1.60. The number of benzene rings is 2. The predicted molar refractivity (Wildman–Crippen MR) is 116 cm³/mol. The van der Waals surface area contributed by atoms with Gasteiger partial charge in [0, 0.05) is 27.2 Å². The molecule has 2 aromatic carbocycles. The van der Waals surface area contributed by atoms with Crippen LogP contribution in [0.1, 0.15) is 29.5 Å². The Morgan fingerprint density at radius 1 is 1.00 bits per heavy atom. The summed E-state index contributed by atoms with van der Waals surface area (Å²) in [5, 5.41) is 6.77. The maximum absolute atomic E-state index is 5.26. The Morgan fingerprint density at radius 3 is 2.28 bits per heavy atom. The molecule has 1 unspecified atom stereocenters. The van der Waals surface area contributed by atoms with Gasteiger partial charge >= 0.3 is 0 Å². The number of ether oxygens (including phenoxy) is 1. The standard InChI is InChI=1S/C20H27N3O.HI/c1-16(17-9-5-4-6-10-17)13-22-20(21-2)23-14-18-11-7-8-12-19(18)15-24-3;/h4-12,16H,13-15H2,1-3H3,(H2,21,22,23);1H. The van der Waals surface area contributed by atoms with Gasteiger partial charge in [0.15, 0.2) is 5.96 Å². The van der Waals surface area contributed by atoms with Crippen LogP contribution in [0.3, 0.4) is 0 Å². The van der Waals surface area contributed by atoms with Crippen molar-refractivity contribution >= 4 is 29.9 Å². The first-order valence-electron chi connectivity index (χ1n) is 8.29. The molecule has 0 spiro atoms. The summed E-state index contributed by atoms with van der Waals surface area (Å²) in [6, 6.07) is 18.8. The van der Waals surface area contributed by atoms with E-state index in [-0.39, 0.29) is 24.0 Å². The fourth-order valence-electron chi connectivity index (χ4n) is 2.58. The van der Waals surface area contributed by atoms with E-state index in [4.69, 9.17) is 4.74 Å². The van der Waals surface area contributed by atoms with Crippen LogP contribution in [0.25, 0.3) is 0 Å². The number of guanidine groups is 1. The van der Waals surface area contributed by atoms with Crippen molar-refractivity contribution in [2.45, 2.75) is 26.0 Å². The van der Waals surface area contributed by atoms with Gasteiger partial charge in [-0.3, -0.25) is 4.99 Å². The fraction of sp³-hybridized carbons (Fsp3) is 0.350. The summed E-state index contributed by atoms with van der Waals surface area (Å²) in [4.78, 5) is 4.31. The van der Waals surface area contributed by atoms with Gasteiger partial charge in [-0.2, -0.15) is 0 Å². The molecule has 136 valence electrons. The van der Waals surface area contributed by atoms with Crippen molar-refractivity contribution < 1.29 is 4.74 Å². The summed E-state index contributed by atoms with van der Waals surface area (Å²) >= 11 is 0. The highest BCUT2D eigenvalue weighted by atomic mass is 127. The van der Waals surface area contributed by atoms with Crippen LogP contribution in [0.4, 0.5) is 0 Å². The summed E-state index contributed by atoms with van der Waals surface area (Å²) in [6.07, 6.45) is 0. The Balaban J connectivity index is 0.00000312. The zero-order valence-corrected chi connectivity index (χ0v) is 17.5. The molecular formula is C20H28IN3O. The summed E-state index contributed by atoms with van der Waals surface area (Å²) in [6.45, 7) is 4.39. The smallest absolute Gasteiger partial charge is 0.191 e. The van der Waals surface area contributed by atoms with Crippen LogP contribution in [0.2, 0.25) is 0 Å². The van der Waals surface area contributed by atoms with Crippen molar-refractivity contribution in [3.63, 3.8) is 0 Å². The Morgan fingerprint density at radius 2 is 1.64 bits per heavy atom. The van der Waals surface area contributed by atoms with Gasteiger partial charge in [0.1, 0.15) is 0 Å². The molecule has 2 rings (SSSR count). The highest BCUT2D eigenvalue weighted by Crippen LogP contribution is 2.13. The third-order valence-corrected chi connectivity index (χ3v) is 4.03. The van der Waals surface area contributed by atoms with Gasteiger partial charge < -0.3 is 15.4 Å². The van der Waals surface area contributed by atoms with E-state index in [2.05, 4.69) is 58.9 Å². The van der Waals surface area contributed by atoms with E-state index in [0.29, 0.717) is 12.5 Å². The number of rotatable bonds is 7. The van der Waals surface area contributed by atoms with Gasteiger partial charge in [0.05, 0.1) is 6.61 Å². The molecule has 2 aromatic rings. The normalized spacial score (nSPS) is 12.2. The molecule has 5 heteroatoms. The summed E-state index contributed by atoms with van der Waals surface area (Å²) in [5.41, 5.74) is 3.74. The summed E-state index contributed by atoms with van der Waals surface area (Å²) in [5.74, 6) is 1.23. The number of methoxy groups -OCH3 is 1. The minimum absolute atomic E-state index is 0. The van der Waals surface area contributed by atoms with Crippen molar-refractivity contribution in [1.82, 2.24) is 10.6 Å². The number of nitrogens with zero attached hydrogens (tertiary/aromatic N) is 1. The molecule has 25 heavy (non-hydrogen) atoms. The first-order chi connectivity index (χ1) is 11.7. The topological polar surface area (TPSA) is 45.7 Å². The van der Waals surface area contributed by atoms with Gasteiger partial charge in [-0.05, 0) is 22.6 Å². The fourth-order valence-corrected chi connectivity index (χ4v) is 2.58. The Labute approximate surface area is 168 Å². The van der Waals surface area contributed by atoms with Crippen molar-refractivity contribution in [2.24, 2.45) is 4.99 Å². The SMILES string of the molecule is CN=C(NCc1ccccc1COC)NCC(C)c1ccccc1.I. The van der Waals surface area contributed by atoms with Crippen LogP contribution in [0.5, 0.6) is 0 Å². The number of hydrogen-bond donors (Lipinski definition) is 2. The van der Waals surface area contributed by atoms with Gasteiger partial charge in [0.2, 0.25) is 0 Å². The van der Waals surface area contributed by atoms with E-state index < -0.39 is 0 Å². The average Bonchev–Trinajstić information content (AvgIpc) is 2.64. The summed E-state index contributed by atoms with van der Waals surface area (Å²) in [7, 11) is 3.51. The molecule has 0 heterocycles. The minimum atomic E-state index is 0. The first kappa shape index (κ1) is 21.4. The van der Waals surface area contributed by atoms with E-state index in [9.17, 15) is 0 Å². The van der Waals surface area contributed by atoms with Crippen molar-refractivity contribution in [3.8, 4) is 0 Å². The molecule has 0 fully saturated rings. The molecule has 4 nitrogen and oxygen atoms in total. The maximum atomic E-state index is 5.26. The third kappa shape index (κ3) is 7.04. The van der Waals surface area contributed by atoms with Gasteiger partial charge in [-0.1, -0.05) is 61.5 Å². The lowest BCUT2D eigenvalue weighted by atomic mass is 10.0. The van der Waals surface area contributed by atoms with E-state index in [1.165, 1.54) is 16.7 Å². The molecule has 2 N–H and O–H groups in total. The van der Waals surface area contributed by atoms with Gasteiger partial charge in [0.25, 0.3) is 0 Å². The molecule has 0 aliphatic heterocycles. The van der Waals surface area contributed by atoms with Crippen molar-refractivity contribution in [2.75, 3.05) is 20.7 Å². The van der Waals surface area contributed by atoms with Gasteiger partial charge in [-0.15, -0.1) is 24.0 Å².